The van der Waals surface area contributed by atoms with Crippen molar-refractivity contribution in [3.63, 3.8) is 0 Å². The number of hydrogen-bond donors (Lipinski definition) is 1. The van der Waals surface area contributed by atoms with Gasteiger partial charge in [-0.1, -0.05) is 6.07 Å². The van der Waals surface area contributed by atoms with E-state index in [0.29, 0.717) is 11.6 Å². The van der Waals surface area contributed by atoms with E-state index in [9.17, 15) is 21.6 Å². The Balaban J connectivity index is 2.34. The summed E-state index contributed by atoms with van der Waals surface area (Å²) in [4.78, 5) is -0.315. The van der Waals surface area contributed by atoms with Gasteiger partial charge in [-0.05, 0) is 37.4 Å². The van der Waals surface area contributed by atoms with E-state index in [2.05, 4.69) is 5.32 Å². The van der Waals surface area contributed by atoms with Gasteiger partial charge in [0, 0.05) is 29.9 Å². The van der Waals surface area contributed by atoms with Crippen LogP contribution in [0.3, 0.4) is 0 Å². The molecule has 0 amide bonds. The predicted molar refractivity (Wildman–Crippen MR) is 98.1 cm³/mol. The zero-order valence-electron chi connectivity index (χ0n) is 15.0. The molecule has 28 heavy (non-hydrogen) atoms. The Morgan fingerprint density at radius 3 is 2.39 bits per heavy atom. The van der Waals surface area contributed by atoms with Crippen LogP contribution in [-0.4, -0.2) is 26.5 Å². The van der Waals surface area contributed by atoms with Gasteiger partial charge >= 0.3 is 0 Å². The second kappa shape index (κ2) is 7.69. The molecule has 3 aromatic rings. The molecule has 0 saturated carbocycles. The molecule has 0 saturated heterocycles. The van der Waals surface area contributed by atoms with Crippen LogP contribution in [0, 0.1) is 17.5 Å². The number of aromatic nitrogens is 1. The molecule has 5 nitrogen and oxygen atoms in total. The first-order chi connectivity index (χ1) is 13.3. The van der Waals surface area contributed by atoms with Gasteiger partial charge in [0.2, 0.25) is 0 Å². The highest BCUT2D eigenvalue weighted by atomic mass is 32.2. The number of ether oxygens (including phenoxy) is 1. The highest BCUT2D eigenvalue weighted by Gasteiger charge is 2.28. The van der Waals surface area contributed by atoms with Crippen molar-refractivity contribution >= 4 is 10.0 Å². The fourth-order valence-electron chi connectivity index (χ4n) is 2.91. The summed E-state index contributed by atoms with van der Waals surface area (Å²) in [5.41, 5.74) is 0.152. The second-order valence-electron chi connectivity index (χ2n) is 5.95. The largest absolute Gasteiger partial charge is 0.494 e. The zero-order valence-corrected chi connectivity index (χ0v) is 15.9. The van der Waals surface area contributed by atoms with E-state index >= 15 is 0 Å². The molecule has 1 N–H and O–H groups in total. The van der Waals surface area contributed by atoms with Crippen LogP contribution in [0.4, 0.5) is 13.2 Å². The van der Waals surface area contributed by atoms with Crippen LogP contribution in [0.2, 0.25) is 0 Å². The van der Waals surface area contributed by atoms with Gasteiger partial charge in [0.15, 0.2) is 0 Å². The van der Waals surface area contributed by atoms with Gasteiger partial charge in [0.05, 0.1) is 12.0 Å². The Bertz CT molecular complexity index is 1130. The van der Waals surface area contributed by atoms with Gasteiger partial charge in [-0.25, -0.2) is 25.6 Å². The molecule has 1 heterocycles. The Labute approximate surface area is 160 Å². The summed E-state index contributed by atoms with van der Waals surface area (Å²) in [7, 11) is -1.32. The lowest BCUT2D eigenvalue weighted by Crippen LogP contribution is -2.14. The maximum atomic E-state index is 14.5. The summed E-state index contributed by atoms with van der Waals surface area (Å²) in [5, 5.41) is 2.87. The Kier molecular flexibility index (Phi) is 5.48. The molecule has 0 unspecified atom stereocenters. The molecule has 0 bridgehead atoms. The third kappa shape index (κ3) is 3.50. The number of halogens is 3. The van der Waals surface area contributed by atoms with Gasteiger partial charge in [-0.3, -0.25) is 0 Å². The van der Waals surface area contributed by atoms with Crippen LogP contribution in [0.5, 0.6) is 5.75 Å². The van der Waals surface area contributed by atoms with Crippen molar-refractivity contribution in [2.75, 3.05) is 14.2 Å². The molecule has 9 heteroatoms. The maximum absolute atomic E-state index is 14.5. The van der Waals surface area contributed by atoms with E-state index in [-0.39, 0.29) is 28.4 Å². The zero-order chi connectivity index (χ0) is 20.5. The predicted octanol–water partition coefficient (Wildman–Crippen LogP) is 3.54. The summed E-state index contributed by atoms with van der Waals surface area (Å²) < 4.78 is 74.0. The van der Waals surface area contributed by atoms with E-state index in [1.165, 1.54) is 25.4 Å². The summed E-state index contributed by atoms with van der Waals surface area (Å²) in [6.45, 7) is 0.227. The SMILES string of the molecule is CNCc1cn(S(=O)(=O)c2cccc(F)c2)c(-c2ccc(F)cc2F)c1OC. The van der Waals surface area contributed by atoms with E-state index in [4.69, 9.17) is 4.74 Å². The number of nitrogens with zero attached hydrogens (tertiary/aromatic N) is 1. The van der Waals surface area contributed by atoms with Crippen molar-refractivity contribution in [3.05, 3.63) is 71.7 Å². The van der Waals surface area contributed by atoms with Crippen molar-refractivity contribution in [3.8, 4) is 17.0 Å². The van der Waals surface area contributed by atoms with Gasteiger partial charge in [-0.15, -0.1) is 0 Å². The molecule has 3 rings (SSSR count). The van der Waals surface area contributed by atoms with Crippen LogP contribution >= 0.6 is 0 Å². The lowest BCUT2D eigenvalue weighted by atomic mass is 10.1. The van der Waals surface area contributed by atoms with Gasteiger partial charge in [-0.2, -0.15) is 0 Å². The third-order valence-electron chi connectivity index (χ3n) is 4.11. The molecule has 0 atom stereocenters. The lowest BCUT2D eigenvalue weighted by molar-refractivity contribution is 0.411. The van der Waals surface area contributed by atoms with Crippen molar-refractivity contribution < 1.29 is 26.3 Å². The second-order valence-corrected chi connectivity index (χ2v) is 7.76. The van der Waals surface area contributed by atoms with Gasteiger partial charge in [0.1, 0.15) is 28.9 Å². The minimum Gasteiger partial charge on any atom is -0.494 e. The van der Waals surface area contributed by atoms with Crippen molar-refractivity contribution in [1.82, 2.24) is 9.29 Å². The summed E-state index contributed by atoms with van der Waals surface area (Å²) >= 11 is 0. The Morgan fingerprint density at radius 1 is 1.07 bits per heavy atom. The topological polar surface area (TPSA) is 60.3 Å². The molecule has 0 aliphatic carbocycles. The third-order valence-corrected chi connectivity index (χ3v) is 5.77. The monoisotopic (exact) mass is 410 g/mol. The molecule has 0 radical (unpaired) electrons. The summed E-state index contributed by atoms with van der Waals surface area (Å²) in [6, 6.07) is 7.26. The fraction of sp³-hybridized carbons (Fsp3) is 0.158. The molecule has 1 aromatic heterocycles. The van der Waals surface area contributed by atoms with E-state index in [0.717, 1.165) is 28.2 Å². The lowest BCUT2D eigenvalue weighted by Gasteiger charge is -2.13. The quantitative estimate of drug-likeness (QED) is 0.675. The fourth-order valence-corrected chi connectivity index (χ4v) is 4.34. The molecular formula is C19H17F3N2O3S. The van der Waals surface area contributed by atoms with E-state index in [1.807, 2.05) is 0 Å². The molecule has 148 valence electrons. The van der Waals surface area contributed by atoms with Crippen molar-refractivity contribution in [2.45, 2.75) is 11.4 Å². The number of benzene rings is 2. The molecular weight excluding hydrogens is 393 g/mol. The van der Waals surface area contributed by atoms with Crippen LogP contribution < -0.4 is 10.1 Å². The highest BCUT2D eigenvalue weighted by Crippen LogP contribution is 2.39. The molecule has 2 aromatic carbocycles. The normalized spacial score (nSPS) is 11.6. The highest BCUT2D eigenvalue weighted by molar-refractivity contribution is 7.90. The van der Waals surface area contributed by atoms with Crippen LogP contribution in [0.25, 0.3) is 11.3 Å². The smallest absolute Gasteiger partial charge is 0.268 e. The average Bonchev–Trinajstić information content (AvgIpc) is 3.01. The van der Waals surface area contributed by atoms with Crippen molar-refractivity contribution in [1.29, 1.82) is 0 Å². The van der Waals surface area contributed by atoms with Crippen LogP contribution in [-0.2, 0) is 16.6 Å². The minimum absolute atomic E-state index is 0.111. The first-order valence-electron chi connectivity index (χ1n) is 8.19. The summed E-state index contributed by atoms with van der Waals surface area (Å²) in [5.74, 6) is -2.38. The number of methoxy groups -OCH3 is 1. The number of hydrogen-bond acceptors (Lipinski definition) is 4. The van der Waals surface area contributed by atoms with Crippen LogP contribution in [0.15, 0.2) is 53.6 Å². The van der Waals surface area contributed by atoms with Gasteiger partial charge in [0.25, 0.3) is 10.0 Å². The molecule has 0 fully saturated rings. The summed E-state index contributed by atoms with van der Waals surface area (Å²) in [6.07, 6.45) is 1.27. The van der Waals surface area contributed by atoms with Crippen molar-refractivity contribution in [2.24, 2.45) is 0 Å². The number of nitrogens with one attached hydrogen (secondary N) is 1. The standard InChI is InChI=1S/C19H17F3N2O3S/c1-23-10-12-11-24(28(25,26)15-5-3-4-13(20)8-15)18(19(12)27-2)16-7-6-14(21)9-17(16)22/h3-9,11,23H,10H2,1-2H3. The molecule has 0 aliphatic heterocycles. The van der Waals surface area contributed by atoms with E-state index in [1.54, 1.807) is 7.05 Å². The molecule has 0 aliphatic rings. The number of rotatable bonds is 6. The maximum Gasteiger partial charge on any atom is 0.268 e. The van der Waals surface area contributed by atoms with Gasteiger partial charge < -0.3 is 10.1 Å². The minimum atomic E-state index is -4.29. The average molecular weight is 410 g/mol. The molecule has 0 spiro atoms. The first kappa shape index (κ1) is 20.0. The van der Waals surface area contributed by atoms with E-state index < -0.39 is 27.5 Å². The first-order valence-corrected chi connectivity index (χ1v) is 9.63. The Hall–Kier alpha value is -2.78. The Morgan fingerprint density at radius 2 is 1.79 bits per heavy atom. The van der Waals surface area contributed by atoms with Crippen LogP contribution in [0.1, 0.15) is 5.56 Å².